The zero-order valence-electron chi connectivity index (χ0n) is 15.7. The molecule has 2 rings (SSSR count). The molecule has 25 heavy (non-hydrogen) atoms. The predicted molar refractivity (Wildman–Crippen MR) is 97.6 cm³/mol. The molecule has 1 aliphatic heterocycles. The van der Waals surface area contributed by atoms with Gasteiger partial charge in [-0.2, -0.15) is 0 Å². The van der Waals surface area contributed by atoms with Gasteiger partial charge in [-0.1, -0.05) is 6.92 Å². The Balaban J connectivity index is 2.34. The van der Waals surface area contributed by atoms with Gasteiger partial charge >= 0.3 is 0 Å². The molecule has 1 aliphatic rings. The van der Waals surface area contributed by atoms with Gasteiger partial charge in [0.15, 0.2) is 11.5 Å². The molecule has 1 aromatic carbocycles. The van der Waals surface area contributed by atoms with Crippen LogP contribution in [-0.4, -0.2) is 49.8 Å². The summed E-state index contributed by atoms with van der Waals surface area (Å²) >= 11 is 0. The van der Waals surface area contributed by atoms with Gasteiger partial charge in [0.1, 0.15) is 0 Å². The van der Waals surface area contributed by atoms with Crippen LogP contribution in [-0.2, 0) is 0 Å². The van der Waals surface area contributed by atoms with Gasteiger partial charge < -0.3 is 24.8 Å². The number of nitrogens with zero attached hydrogens (tertiary/aromatic N) is 1. The van der Waals surface area contributed by atoms with Gasteiger partial charge in [-0.15, -0.1) is 0 Å². The number of nitrogens with two attached hydrogens (primary N) is 1. The van der Waals surface area contributed by atoms with Gasteiger partial charge in [0.25, 0.3) is 5.91 Å². The van der Waals surface area contributed by atoms with Crippen molar-refractivity contribution in [1.82, 2.24) is 4.90 Å². The second-order valence-corrected chi connectivity index (χ2v) is 6.28. The molecule has 1 aromatic rings. The topological polar surface area (TPSA) is 74.0 Å². The fourth-order valence-electron chi connectivity index (χ4n) is 3.04. The molecule has 2 atom stereocenters. The highest BCUT2D eigenvalue weighted by Crippen LogP contribution is 2.39. The minimum Gasteiger partial charge on any atom is -0.490 e. The van der Waals surface area contributed by atoms with Gasteiger partial charge in [0.2, 0.25) is 5.75 Å². The quantitative estimate of drug-likeness (QED) is 0.818. The molecule has 0 bridgehead atoms. The third-order valence-electron chi connectivity index (χ3n) is 4.41. The van der Waals surface area contributed by atoms with Crippen molar-refractivity contribution in [2.75, 3.05) is 32.9 Å². The number of ether oxygens (including phenoxy) is 3. The molecular formula is C19H30N2O4. The number of hydrogen-bond donors (Lipinski definition) is 1. The van der Waals surface area contributed by atoms with E-state index in [4.69, 9.17) is 19.9 Å². The van der Waals surface area contributed by atoms with Crippen LogP contribution >= 0.6 is 0 Å². The van der Waals surface area contributed by atoms with E-state index in [1.807, 2.05) is 25.7 Å². The van der Waals surface area contributed by atoms with Gasteiger partial charge in [0.05, 0.1) is 19.8 Å². The number of hydrogen-bond acceptors (Lipinski definition) is 5. The van der Waals surface area contributed by atoms with E-state index in [0.717, 1.165) is 6.42 Å². The lowest BCUT2D eigenvalue weighted by molar-refractivity contribution is 0.0663. The van der Waals surface area contributed by atoms with Crippen LogP contribution in [0.2, 0.25) is 0 Å². The average Bonchev–Trinajstić information content (AvgIpc) is 2.59. The number of piperidine rings is 1. The summed E-state index contributed by atoms with van der Waals surface area (Å²) in [4.78, 5) is 14.8. The fraction of sp³-hybridized carbons (Fsp3) is 0.632. The summed E-state index contributed by atoms with van der Waals surface area (Å²) in [6.07, 6.45) is 0.820. The Kier molecular flexibility index (Phi) is 6.93. The number of carbonyl (C=O) groups is 1. The molecule has 2 N–H and O–H groups in total. The highest BCUT2D eigenvalue weighted by molar-refractivity contribution is 5.95. The molecule has 2 unspecified atom stereocenters. The van der Waals surface area contributed by atoms with E-state index in [1.165, 1.54) is 0 Å². The molecule has 6 nitrogen and oxygen atoms in total. The van der Waals surface area contributed by atoms with E-state index in [0.29, 0.717) is 55.7 Å². The highest BCUT2D eigenvalue weighted by Gasteiger charge is 2.28. The van der Waals surface area contributed by atoms with Crippen molar-refractivity contribution in [2.24, 2.45) is 11.7 Å². The van der Waals surface area contributed by atoms with E-state index >= 15 is 0 Å². The van der Waals surface area contributed by atoms with Crippen LogP contribution in [0.5, 0.6) is 17.2 Å². The van der Waals surface area contributed by atoms with E-state index in [-0.39, 0.29) is 17.9 Å². The monoisotopic (exact) mass is 350 g/mol. The Bertz CT molecular complexity index is 564. The van der Waals surface area contributed by atoms with Crippen molar-refractivity contribution >= 4 is 5.91 Å². The summed E-state index contributed by atoms with van der Waals surface area (Å²) in [6.45, 7) is 10.6. The molecule has 0 radical (unpaired) electrons. The molecule has 1 fully saturated rings. The Morgan fingerprint density at radius 3 is 2.16 bits per heavy atom. The van der Waals surface area contributed by atoms with E-state index < -0.39 is 0 Å². The molecule has 1 saturated heterocycles. The molecule has 0 spiro atoms. The molecule has 6 heteroatoms. The first-order valence-electron chi connectivity index (χ1n) is 9.13. The predicted octanol–water partition coefficient (Wildman–Crippen LogP) is 2.69. The minimum absolute atomic E-state index is 0.0243. The molecule has 140 valence electrons. The minimum atomic E-state index is -0.0243. The molecule has 0 saturated carbocycles. The number of carbonyl (C=O) groups excluding carboxylic acids is 1. The van der Waals surface area contributed by atoms with Crippen molar-refractivity contribution in [3.05, 3.63) is 17.7 Å². The summed E-state index contributed by atoms with van der Waals surface area (Å²) in [5.41, 5.74) is 6.62. The van der Waals surface area contributed by atoms with Crippen molar-refractivity contribution in [1.29, 1.82) is 0 Å². The summed E-state index contributed by atoms with van der Waals surface area (Å²) in [6, 6.07) is 3.65. The number of likely N-dealkylation sites (tertiary alicyclic amines) is 1. The van der Waals surface area contributed by atoms with Gasteiger partial charge in [-0.05, 0) is 45.2 Å². The second kappa shape index (κ2) is 8.94. The summed E-state index contributed by atoms with van der Waals surface area (Å²) in [5, 5.41) is 0. The van der Waals surface area contributed by atoms with E-state index in [9.17, 15) is 4.79 Å². The third-order valence-corrected chi connectivity index (χ3v) is 4.41. The fourth-order valence-corrected chi connectivity index (χ4v) is 3.04. The van der Waals surface area contributed by atoms with E-state index in [1.54, 1.807) is 12.1 Å². The van der Waals surface area contributed by atoms with Crippen LogP contribution in [0.4, 0.5) is 0 Å². The van der Waals surface area contributed by atoms with Crippen molar-refractivity contribution in [3.63, 3.8) is 0 Å². The highest BCUT2D eigenvalue weighted by atomic mass is 16.5. The smallest absolute Gasteiger partial charge is 0.254 e. The van der Waals surface area contributed by atoms with Crippen LogP contribution in [0.15, 0.2) is 12.1 Å². The van der Waals surface area contributed by atoms with E-state index in [2.05, 4.69) is 6.92 Å². The summed E-state index contributed by atoms with van der Waals surface area (Å²) in [7, 11) is 0. The zero-order valence-corrected chi connectivity index (χ0v) is 15.7. The van der Waals surface area contributed by atoms with Crippen LogP contribution in [0.3, 0.4) is 0 Å². The molecule has 0 aromatic heterocycles. The maximum Gasteiger partial charge on any atom is 0.254 e. The third kappa shape index (κ3) is 4.57. The van der Waals surface area contributed by atoms with Crippen LogP contribution < -0.4 is 19.9 Å². The molecule has 1 amide bonds. The van der Waals surface area contributed by atoms with Crippen molar-refractivity contribution < 1.29 is 19.0 Å². The van der Waals surface area contributed by atoms with Gasteiger partial charge in [0, 0.05) is 24.7 Å². The largest absolute Gasteiger partial charge is 0.490 e. The summed E-state index contributed by atoms with van der Waals surface area (Å²) < 4.78 is 17.1. The average molecular weight is 350 g/mol. The molecule has 0 aliphatic carbocycles. The van der Waals surface area contributed by atoms with Gasteiger partial charge in [-0.25, -0.2) is 0 Å². The Morgan fingerprint density at radius 1 is 1.12 bits per heavy atom. The second-order valence-electron chi connectivity index (χ2n) is 6.28. The SMILES string of the molecule is CCOc1cc(C(=O)N2CCC(N)C(C)C2)cc(OCC)c1OCC. The lowest BCUT2D eigenvalue weighted by Crippen LogP contribution is -2.48. The van der Waals surface area contributed by atoms with Crippen molar-refractivity contribution in [2.45, 2.75) is 40.2 Å². The van der Waals surface area contributed by atoms with Crippen LogP contribution in [0.25, 0.3) is 0 Å². The standard InChI is InChI=1S/C19H30N2O4/c1-5-23-16-10-14(11-17(24-6-2)18(16)25-7-3)19(22)21-9-8-15(20)13(4)12-21/h10-11,13,15H,5-9,12,20H2,1-4H3. The molecule has 1 heterocycles. The Morgan fingerprint density at radius 2 is 1.68 bits per heavy atom. The first-order chi connectivity index (χ1) is 12.0. The maximum absolute atomic E-state index is 13.0. The van der Waals surface area contributed by atoms with Crippen LogP contribution in [0, 0.1) is 5.92 Å². The maximum atomic E-state index is 13.0. The van der Waals surface area contributed by atoms with Crippen LogP contribution in [0.1, 0.15) is 44.5 Å². The Hall–Kier alpha value is -1.95. The zero-order chi connectivity index (χ0) is 18.4. The normalized spacial score (nSPS) is 20.3. The first kappa shape index (κ1) is 19.4. The lowest BCUT2D eigenvalue weighted by atomic mass is 9.94. The van der Waals surface area contributed by atoms with Crippen molar-refractivity contribution in [3.8, 4) is 17.2 Å². The summed E-state index contributed by atoms with van der Waals surface area (Å²) in [5.74, 6) is 1.90. The number of amides is 1. The number of rotatable bonds is 7. The molecular weight excluding hydrogens is 320 g/mol. The van der Waals surface area contributed by atoms with Gasteiger partial charge in [-0.3, -0.25) is 4.79 Å². The Labute approximate surface area is 150 Å². The lowest BCUT2D eigenvalue weighted by Gasteiger charge is -2.35. The first-order valence-corrected chi connectivity index (χ1v) is 9.13. The number of benzene rings is 1.